The summed E-state index contributed by atoms with van der Waals surface area (Å²) in [6.07, 6.45) is 2.24. The van der Waals surface area contributed by atoms with Gasteiger partial charge in [-0.3, -0.25) is 0 Å². The van der Waals surface area contributed by atoms with Crippen LogP contribution >= 0.6 is 23.2 Å². The highest BCUT2D eigenvalue weighted by Crippen LogP contribution is 2.32. The van der Waals surface area contributed by atoms with E-state index in [9.17, 15) is 0 Å². The molecular weight excluding hydrogens is 307 g/mol. The van der Waals surface area contributed by atoms with Crippen LogP contribution in [0, 0.1) is 6.92 Å². The normalized spacial score (nSPS) is 10.5. The summed E-state index contributed by atoms with van der Waals surface area (Å²) >= 11 is 12.3. The topological polar surface area (TPSA) is 49.8 Å². The van der Waals surface area contributed by atoms with Crippen molar-refractivity contribution in [2.24, 2.45) is 0 Å². The van der Waals surface area contributed by atoms with E-state index in [-0.39, 0.29) is 0 Å². The standard InChI is InChI=1S/C15H18Cl2N4/c1-3-4-8-18-13-9-14(20-10(2)19-13)21-15-11(16)6-5-7-12(15)17/h5-7,9H,3-4,8H2,1-2H3,(H2,18,19,20,21). The number of halogens is 2. The largest absolute Gasteiger partial charge is 0.370 e. The molecule has 2 N–H and O–H groups in total. The number of para-hydroxylation sites is 1. The van der Waals surface area contributed by atoms with E-state index in [0.717, 1.165) is 25.2 Å². The van der Waals surface area contributed by atoms with Crippen molar-refractivity contribution in [1.82, 2.24) is 9.97 Å². The third kappa shape index (κ3) is 4.48. The first kappa shape index (κ1) is 15.9. The van der Waals surface area contributed by atoms with Gasteiger partial charge < -0.3 is 10.6 Å². The van der Waals surface area contributed by atoms with Gasteiger partial charge in [-0.1, -0.05) is 42.6 Å². The lowest BCUT2D eigenvalue weighted by Gasteiger charge is -2.12. The second-order valence-corrected chi connectivity index (χ2v) is 5.50. The smallest absolute Gasteiger partial charge is 0.136 e. The summed E-state index contributed by atoms with van der Waals surface area (Å²) in [4.78, 5) is 8.72. The number of nitrogens with one attached hydrogen (secondary N) is 2. The third-order valence-electron chi connectivity index (χ3n) is 2.89. The van der Waals surface area contributed by atoms with Gasteiger partial charge in [-0.2, -0.15) is 0 Å². The van der Waals surface area contributed by atoms with Crippen molar-refractivity contribution >= 4 is 40.5 Å². The van der Waals surface area contributed by atoms with Crippen LogP contribution in [-0.4, -0.2) is 16.5 Å². The van der Waals surface area contributed by atoms with Crippen LogP contribution < -0.4 is 10.6 Å². The van der Waals surface area contributed by atoms with E-state index < -0.39 is 0 Å². The van der Waals surface area contributed by atoms with Gasteiger partial charge in [-0.05, 0) is 25.5 Å². The number of hydrogen-bond donors (Lipinski definition) is 2. The minimum Gasteiger partial charge on any atom is -0.370 e. The highest BCUT2D eigenvalue weighted by molar-refractivity contribution is 6.39. The predicted octanol–water partition coefficient (Wildman–Crippen LogP) is 5.05. The Morgan fingerprint density at radius 2 is 1.76 bits per heavy atom. The molecule has 0 atom stereocenters. The predicted molar refractivity (Wildman–Crippen MR) is 89.9 cm³/mol. The molecule has 0 aliphatic carbocycles. The maximum Gasteiger partial charge on any atom is 0.136 e. The number of nitrogens with zero attached hydrogens (tertiary/aromatic N) is 2. The Labute approximate surface area is 134 Å². The third-order valence-corrected chi connectivity index (χ3v) is 3.52. The van der Waals surface area contributed by atoms with Gasteiger partial charge in [0.25, 0.3) is 0 Å². The Balaban J connectivity index is 2.20. The molecule has 0 aliphatic rings. The van der Waals surface area contributed by atoms with E-state index >= 15 is 0 Å². The number of unbranched alkanes of at least 4 members (excludes halogenated alkanes) is 1. The SMILES string of the molecule is CCCCNc1cc(Nc2c(Cl)cccc2Cl)nc(C)n1. The van der Waals surface area contributed by atoms with Crippen molar-refractivity contribution in [2.75, 3.05) is 17.2 Å². The van der Waals surface area contributed by atoms with Crippen LogP contribution in [-0.2, 0) is 0 Å². The summed E-state index contributed by atoms with van der Waals surface area (Å²) < 4.78 is 0. The van der Waals surface area contributed by atoms with Gasteiger partial charge in [-0.25, -0.2) is 9.97 Å². The summed E-state index contributed by atoms with van der Waals surface area (Å²) in [5, 5.41) is 7.55. The first-order valence-electron chi connectivity index (χ1n) is 6.90. The van der Waals surface area contributed by atoms with Crippen LogP contribution in [0.2, 0.25) is 10.0 Å². The molecule has 1 aromatic heterocycles. The molecule has 1 heterocycles. The second kappa shape index (κ2) is 7.48. The van der Waals surface area contributed by atoms with E-state index in [2.05, 4.69) is 27.5 Å². The Kier molecular flexibility index (Phi) is 5.65. The van der Waals surface area contributed by atoms with E-state index in [1.54, 1.807) is 18.2 Å². The Hall–Kier alpha value is -1.52. The van der Waals surface area contributed by atoms with Crippen molar-refractivity contribution < 1.29 is 0 Å². The average Bonchev–Trinajstić information content (AvgIpc) is 2.43. The van der Waals surface area contributed by atoms with Gasteiger partial charge in [0.1, 0.15) is 17.5 Å². The zero-order valence-electron chi connectivity index (χ0n) is 12.1. The fourth-order valence-electron chi connectivity index (χ4n) is 1.86. The molecule has 0 aliphatic heterocycles. The molecule has 0 radical (unpaired) electrons. The maximum atomic E-state index is 6.16. The zero-order chi connectivity index (χ0) is 15.2. The Morgan fingerprint density at radius 1 is 1.10 bits per heavy atom. The fraction of sp³-hybridized carbons (Fsp3) is 0.333. The monoisotopic (exact) mass is 324 g/mol. The number of rotatable bonds is 6. The van der Waals surface area contributed by atoms with Crippen LogP contribution in [0.25, 0.3) is 0 Å². The Morgan fingerprint density at radius 3 is 2.43 bits per heavy atom. The van der Waals surface area contributed by atoms with Gasteiger partial charge >= 0.3 is 0 Å². The van der Waals surface area contributed by atoms with Crippen LogP contribution in [0.5, 0.6) is 0 Å². The lowest BCUT2D eigenvalue weighted by Crippen LogP contribution is -2.06. The lowest BCUT2D eigenvalue weighted by atomic mass is 10.3. The molecule has 0 spiro atoms. The number of aromatic nitrogens is 2. The minimum absolute atomic E-state index is 0.555. The van der Waals surface area contributed by atoms with Gasteiger partial charge in [0, 0.05) is 12.6 Å². The zero-order valence-corrected chi connectivity index (χ0v) is 13.6. The Bertz CT molecular complexity index is 596. The average molecular weight is 325 g/mol. The summed E-state index contributed by atoms with van der Waals surface area (Å²) in [5.41, 5.74) is 0.651. The molecule has 2 rings (SSSR count). The van der Waals surface area contributed by atoms with Crippen LogP contribution in [0.15, 0.2) is 24.3 Å². The fourth-order valence-corrected chi connectivity index (χ4v) is 2.35. The molecule has 1 aromatic carbocycles. The van der Waals surface area contributed by atoms with E-state index in [1.165, 1.54) is 0 Å². The number of benzene rings is 1. The first-order chi connectivity index (χ1) is 10.1. The molecule has 21 heavy (non-hydrogen) atoms. The molecule has 6 heteroatoms. The first-order valence-corrected chi connectivity index (χ1v) is 7.66. The molecule has 0 fully saturated rings. The highest BCUT2D eigenvalue weighted by atomic mass is 35.5. The van der Waals surface area contributed by atoms with Crippen LogP contribution in [0.3, 0.4) is 0 Å². The molecule has 2 aromatic rings. The van der Waals surface area contributed by atoms with Crippen molar-refractivity contribution in [3.63, 3.8) is 0 Å². The van der Waals surface area contributed by atoms with Crippen molar-refractivity contribution in [3.8, 4) is 0 Å². The summed E-state index contributed by atoms with van der Waals surface area (Å²) in [6.45, 7) is 4.89. The van der Waals surface area contributed by atoms with Crippen molar-refractivity contribution in [1.29, 1.82) is 0 Å². The lowest BCUT2D eigenvalue weighted by molar-refractivity contribution is 0.829. The molecule has 0 amide bonds. The molecule has 0 bridgehead atoms. The van der Waals surface area contributed by atoms with Crippen LogP contribution in [0.1, 0.15) is 25.6 Å². The summed E-state index contributed by atoms with van der Waals surface area (Å²) in [5.74, 6) is 2.14. The molecule has 0 saturated heterocycles. The molecule has 112 valence electrons. The van der Waals surface area contributed by atoms with Crippen LogP contribution in [0.4, 0.5) is 17.3 Å². The molecule has 0 saturated carbocycles. The second-order valence-electron chi connectivity index (χ2n) is 4.69. The van der Waals surface area contributed by atoms with Crippen molar-refractivity contribution in [3.05, 3.63) is 40.1 Å². The molecule has 0 unspecified atom stereocenters. The summed E-state index contributed by atoms with van der Waals surface area (Å²) in [7, 11) is 0. The quantitative estimate of drug-likeness (QED) is 0.730. The minimum atomic E-state index is 0.555. The van der Waals surface area contributed by atoms with E-state index in [4.69, 9.17) is 23.2 Å². The van der Waals surface area contributed by atoms with E-state index in [1.807, 2.05) is 13.0 Å². The molecular formula is C15H18Cl2N4. The van der Waals surface area contributed by atoms with Gasteiger partial charge in [-0.15, -0.1) is 0 Å². The van der Waals surface area contributed by atoms with E-state index in [0.29, 0.717) is 27.4 Å². The number of anilines is 3. The molecule has 4 nitrogen and oxygen atoms in total. The van der Waals surface area contributed by atoms with Gasteiger partial charge in [0.05, 0.1) is 15.7 Å². The van der Waals surface area contributed by atoms with Crippen molar-refractivity contribution in [2.45, 2.75) is 26.7 Å². The number of aryl methyl sites for hydroxylation is 1. The summed E-state index contributed by atoms with van der Waals surface area (Å²) in [6, 6.07) is 7.22. The van der Waals surface area contributed by atoms with Gasteiger partial charge in [0.15, 0.2) is 0 Å². The maximum absolute atomic E-state index is 6.16. The number of hydrogen-bond acceptors (Lipinski definition) is 4. The highest BCUT2D eigenvalue weighted by Gasteiger charge is 2.08. The van der Waals surface area contributed by atoms with Gasteiger partial charge in [0.2, 0.25) is 0 Å².